The zero-order chi connectivity index (χ0) is 17.5. The van der Waals surface area contributed by atoms with Gasteiger partial charge in [0.15, 0.2) is 6.54 Å². The Bertz CT molecular complexity index is 610. The molecule has 0 bridgehead atoms. The molecule has 1 fully saturated rings. The lowest BCUT2D eigenvalue weighted by Crippen LogP contribution is -3.15. The topological polar surface area (TPSA) is 80.2 Å². The van der Waals surface area contributed by atoms with Crippen molar-refractivity contribution >= 4 is 23.5 Å². The molecule has 2 N–H and O–H groups in total. The monoisotopic (exact) mass is 334 g/mol. The van der Waals surface area contributed by atoms with Gasteiger partial charge in [0.1, 0.15) is 0 Å². The summed E-state index contributed by atoms with van der Waals surface area (Å²) in [5.74, 6) is -0.532. The van der Waals surface area contributed by atoms with Gasteiger partial charge in [-0.25, -0.2) is 4.79 Å². The molecule has 1 heterocycles. The molecule has 2 amide bonds. The maximum absolute atomic E-state index is 12.3. The lowest BCUT2D eigenvalue weighted by Gasteiger charge is -2.31. The van der Waals surface area contributed by atoms with Gasteiger partial charge in [0.2, 0.25) is 5.91 Å². The highest BCUT2D eigenvalue weighted by Gasteiger charge is 2.24. The molecule has 1 aromatic rings. The van der Waals surface area contributed by atoms with Crippen molar-refractivity contribution in [3.63, 3.8) is 0 Å². The first-order valence-corrected chi connectivity index (χ1v) is 8.16. The molecule has 0 saturated carbocycles. The van der Waals surface area contributed by atoms with Crippen molar-refractivity contribution in [1.82, 2.24) is 4.90 Å². The Morgan fingerprint density at radius 3 is 2.50 bits per heavy atom. The summed E-state index contributed by atoms with van der Waals surface area (Å²) in [6.07, 6.45) is 0. The largest absolute Gasteiger partial charge is 0.462 e. The molecule has 0 radical (unpaired) electrons. The first-order chi connectivity index (χ1) is 11.5. The number of nitrogens with one attached hydrogen (secondary N) is 2. The van der Waals surface area contributed by atoms with E-state index in [2.05, 4.69) is 5.32 Å². The number of amides is 2. The summed E-state index contributed by atoms with van der Waals surface area (Å²) < 4.78 is 5.00. The van der Waals surface area contributed by atoms with Gasteiger partial charge in [-0.3, -0.25) is 9.59 Å². The fourth-order valence-corrected chi connectivity index (χ4v) is 2.72. The van der Waals surface area contributed by atoms with Crippen LogP contribution in [0.4, 0.5) is 5.69 Å². The summed E-state index contributed by atoms with van der Waals surface area (Å²) in [6.45, 7) is 6.70. The summed E-state index contributed by atoms with van der Waals surface area (Å²) in [7, 11) is 0. The number of ether oxygens (including phenoxy) is 1. The highest BCUT2D eigenvalue weighted by atomic mass is 16.5. The van der Waals surface area contributed by atoms with Crippen molar-refractivity contribution in [2.75, 3.05) is 44.6 Å². The van der Waals surface area contributed by atoms with Crippen molar-refractivity contribution < 1.29 is 24.0 Å². The molecular formula is C17H24N3O4+. The Morgan fingerprint density at radius 2 is 1.88 bits per heavy atom. The second-order valence-electron chi connectivity index (χ2n) is 5.75. The van der Waals surface area contributed by atoms with Gasteiger partial charge in [0.05, 0.1) is 44.0 Å². The van der Waals surface area contributed by atoms with Gasteiger partial charge >= 0.3 is 5.97 Å². The average molecular weight is 334 g/mol. The second-order valence-corrected chi connectivity index (χ2v) is 5.75. The molecule has 0 spiro atoms. The Hall–Kier alpha value is -2.41. The minimum Gasteiger partial charge on any atom is -0.462 e. The van der Waals surface area contributed by atoms with Gasteiger partial charge in [-0.1, -0.05) is 12.1 Å². The standard InChI is InChI=1S/C17H23N3O4/c1-3-24-17(23)14-6-4-5-7-15(14)18-16(22)12-19-8-10-20(11-9-19)13(2)21/h4-7H,3,8-12H2,1-2H3,(H,18,22)/p+1. The lowest BCUT2D eigenvalue weighted by molar-refractivity contribution is -0.895. The highest BCUT2D eigenvalue weighted by molar-refractivity contribution is 6.01. The summed E-state index contributed by atoms with van der Waals surface area (Å²) in [5.41, 5.74) is 0.812. The third-order valence-corrected chi connectivity index (χ3v) is 4.02. The SMILES string of the molecule is CCOC(=O)c1ccccc1NC(=O)C[NH+]1CCN(C(C)=O)CC1. The summed E-state index contributed by atoms with van der Waals surface area (Å²) in [6, 6.07) is 6.81. The molecule has 0 unspecified atom stereocenters. The number of nitrogens with zero attached hydrogens (tertiary/aromatic N) is 1. The van der Waals surface area contributed by atoms with Gasteiger partial charge in [-0.15, -0.1) is 0 Å². The number of para-hydroxylation sites is 1. The van der Waals surface area contributed by atoms with E-state index in [-0.39, 0.29) is 18.4 Å². The van der Waals surface area contributed by atoms with Crippen LogP contribution < -0.4 is 10.2 Å². The van der Waals surface area contributed by atoms with Crippen LogP contribution in [0.2, 0.25) is 0 Å². The average Bonchev–Trinajstić information content (AvgIpc) is 2.56. The smallest absolute Gasteiger partial charge is 0.340 e. The van der Waals surface area contributed by atoms with E-state index in [9.17, 15) is 14.4 Å². The number of carbonyl (C=O) groups excluding carboxylic acids is 3. The van der Waals surface area contributed by atoms with Crippen molar-refractivity contribution in [3.8, 4) is 0 Å². The van der Waals surface area contributed by atoms with E-state index in [1.54, 1.807) is 43.0 Å². The molecule has 0 aromatic heterocycles. The Labute approximate surface area is 141 Å². The predicted octanol–water partition coefficient (Wildman–Crippen LogP) is -0.451. The number of benzene rings is 1. The molecule has 0 aliphatic carbocycles. The van der Waals surface area contributed by atoms with E-state index in [1.807, 2.05) is 0 Å². The summed E-state index contributed by atoms with van der Waals surface area (Å²) in [4.78, 5) is 38.4. The van der Waals surface area contributed by atoms with Crippen LogP contribution in [-0.2, 0) is 14.3 Å². The van der Waals surface area contributed by atoms with Crippen LogP contribution >= 0.6 is 0 Å². The number of hydrogen-bond donors (Lipinski definition) is 2. The number of esters is 1. The van der Waals surface area contributed by atoms with Gasteiger partial charge in [0.25, 0.3) is 5.91 Å². The molecule has 130 valence electrons. The van der Waals surface area contributed by atoms with Gasteiger partial charge in [0, 0.05) is 6.92 Å². The van der Waals surface area contributed by atoms with Gasteiger partial charge in [-0.05, 0) is 19.1 Å². The minimum absolute atomic E-state index is 0.0712. The summed E-state index contributed by atoms with van der Waals surface area (Å²) >= 11 is 0. The fraction of sp³-hybridized carbons (Fsp3) is 0.471. The molecule has 1 aliphatic heterocycles. The Morgan fingerprint density at radius 1 is 1.21 bits per heavy atom. The first-order valence-electron chi connectivity index (χ1n) is 8.16. The van der Waals surface area contributed by atoms with Crippen LogP contribution in [0.1, 0.15) is 24.2 Å². The summed E-state index contributed by atoms with van der Waals surface area (Å²) in [5, 5.41) is 2.79. The number of anilines is 1. The molecule has 1 saturated heterocycles. The molecule has 1 aliphatic rings. The maximum Gasteiger partial charge on any atom is 0.340 e. The van der Waals surface area contributed by atoms with E-state index in [0.717, 1.165) is 18.0 Å². The van der Waals surface area contributed by atoms with Crippen molar-refractivity contribution in [1.29, 1.82) is 0 Å². The first kappa shape index (κ1) is 17.9. The second kappa shape index (κ2) is 8.44. The molecule has 7 nitrogen and oxygen atoms in total. The van der Waals surface area contributed by atoms with Crippen LogP contribution in [0, 0.1) is 0 Å². The Balaban J connectivity index is 1.91. The van der Waals surface area contributed by atoms with Gasteiger partial charge in [-0.2, -0.15) is 0 Å². The number of piperazine rings is 1. The number of rotatable bonds is 5. The highest BCUT2D eigenvalue weighted by Crippen LogP contribution is 2.15. The molecule has 24 heavy (non-hydrogen) atoms. The van der Waals surface area contributed by atoms with E-state index in [0.29, 0.717) is 30.9 Å². The number of hydrogen-bond acceptors (Lipinski definition) is 4. The van der Waals surface area contributed by atoms with Crippen LogP contribution in [-0.4, -0.2) is 62.0 Å². The van der Waals surface area contributed by atoms with Crippen LogP contribution in [0.15, 0.2) is 24.3 Å². The van der Waals surface area contributed by atoms with E-state index >= 15 is 0 Å². The number of carbonyl (C=O) groups is 3. The zero-order valence-corrected chi connectivity index (χ0v) is 14.1. The van der Waals surface area contributed by atoms with Crippen molar-refractivity contribution in [3.05, 3.63) is 29.8 Å². The normalized spacial score (nSPS) is 15.0. The minimum atomic E-state index is -0.448. The van der Waals surface area contributed by atoms with Crippen molar-refractivity contribution in [2.45, 2.75) is 13.8 Å². The quantitative estimate of drug-likeness (QED) is 0.715. The maximum atomic E-state index is 12.3. The van der Waals surface area contributed by atoms with E-state index in [1.165, 1.54) is 0 Å². The Kier molecular flexibility index (Phi) is 6.31. The third kappa shape index (κ3) is 4.79. The third-order valence-electron chi connectivity index (χ3n) is 4.02. The predicted molar refractivity (Wildman–Crippen MR) is 88.8 cm³/mol. The number of quaternary nitrogens is 1. The molecule has 2 rings (SSSR count). The molecule has 0 atom stereocenters. The van der Waals surface area contributed by atoms with Crippen LogP contribution in [0.25, 0.3) is 0 Å². The van der Waals surface area contributed by atoms with E-state index in [4.69, 9.17) is 4.74 Å². The fourth-order valence-electron chi connectivity index (χ4n) is 2.72. The van der Waals surface area contributed by atoms with Crippen LogP contribution in [0.5, 0.6) is 0 Å². The van der Waals surface area contributed by atoms with E-state index < -0.39 is 5.97 Å². The van der Waals surface area contributed by atoms with Gasteiger partial charge < -0.3 is 19.9 Å². The lowest BCUT2D eigenvalue weighted by atomic mass is 10.2. The molecule has 1 aromatic carbocycles. The molecular weight excluding hydrogens is 310 g/mol. The van der Waals surface area contributed by atoms with Crippen LogP contribution in [0.3, 0.4) is 0 Å². The zero-order valence-electron chi connectivity index (χ0n) is 14.1. The van der Waals surface area contributed by atoms with Crippen molar-refractivity contribution in [2.24, 2.45) is 0 Å². The molecule has 7 heteroatoms.